The van der Waals surface area contributed by atoms with Gasteiger partial charge in [-0.25, -0.2) is 4.98 Å². The number of anilines is 3. The first kappa shape index (κ1) is 21.8. The SMILES string of the molecule is C[C@H](CO)Nc1nc(Nc2ccc([S-](=N)=O)cc2)ncc1C#Cc1ccc(C#N)cc1. The Hall–Kier alpha value is -3.92. The maximum Gasteiger partial charge on any atom is 0.229 e. The second-order valence-electron chi connectivity index (χ2n) is 6.54. The van der Waals surface area contributed by atoms with Gasteiger partial charge in [-0.15, -0.1) is 0 Å². The van der Waals surface area contributed by atoms with Gasteiger partial charge in [0.05, 0.1) is 30.0 Å². The number of nitrogens with one attached hydrogen (secondary N) is 3. The quantitative estimate of drug-likeness (QED) is 0.347. The molecule has 31 heavy (non-hydrogen) atoms. The van der Waals surface area contributed by atoms with Crippen molar-refractivity contribution < 1.29 is 9.32 Å². The molecule has 0 aliphatic heterocycles. The zero-order valence-electron chi connectivity index (χ0n) is 16.6. The molecule has 1 heterocycles. The van der Waals surface area contributed by atoms with Crippen LogP contribution in [0.25, 0.3) is 0 Å². The predicted molar refractivity (Wildman–Crippen MR) is 118 cm³/mol. The smallest absolute Gasteiger partial charge is 0.229 e. The highest BCUT2D eigenvalue weighted by molar-refractivity contribution is 7.73. The standard InChI is InChI=1S/C22H19N6O2S/c1-15(14-29)26-21-18(7-6-16-2-4-17(12-23)5-3-16)13-25-22(28-21)27-19-8-10-20(11-9-19)31(24)30/h2-5,8-11,13,15,24,29H,14H2,1H3,(H2,25,26,27,28)/q-1/t15-/m1/s1. The maximum atomic E-state index is 11.2. The van der Waals surface area contributed by atoms with Gasteiger partial charge in [0, 0.05) is 17.3 Å². The van der Waals surface area contributed by atoms with Gasteiger partial charge in [0.15, 0.2) is 0 Å². The molecule has 1 atom stereocenters. The molecular weight excluding hydrogens is 412 g/mol. The number of benzene rings is 2. The van der Waals surface area contributed by atoms with Crippen molar-refractivity contribution in [1.82, 2.24) is 9.97 Å². The molecule has 0 bridgehead atoms. The monoisotopic (exact) mass is 431 g/mol. The van der Waals surface area contributed by atoms with E-state index in [-0.39, 0.29) is 12.6 Å². The summed E-state index contributed by atoms with van der Waals surface area (Å²) in [6.45, 7) is 1.73. The van der Waals surface area contributed by atoms with Gasteiger partial charge in [0.25, 0.3) is 0 Å². The van der Waals surface area contributed by atoms with E-state index in [1.165, 1.54) is 0 Å². The van der Waals surface area contributed by atoms with Crippen LogP contribution in [-0.4, -0.2) is 27.7 Å². The second kappa shape index (κ2) is 10.2. The fraction of sp³-hybridized carbons (Fsp3) is 0.136. The molecule has 2 aromatic carbocycles. The third-order valence-electron chi connectivity index (χ3n) is 4.13. The minimum Gasteiger partial charge on any atom is -0.440 e. The van der Waals surface area contributed by atoms with E-state index in [2.05, 4.69) is 38.5 Å². The summed E-state index contributed by atoms with van der Waals surface area (Å²) < 4.78 is 18.4. The molecular formula is C22H19N6O2S-. The molecule has 0 saturated heterocycles. The molecule has 1 aromatic heterocycles. The third kappa shape index (κ3) is 6.03. The zero-order chi connectivity index (χ0) is 22.2. The topological polar surface area (TPSA) is 135 Å². The van der Waals surface area contributed by atoms with Gasteiger partial charge in [-0.2, -0.15) is 20.8 Å². The van der Waals surface area contributed by atoms with Crippen molar-refractivity contribution in [2.45, 2.75) is 17.9 Å². The highest BCUT2D eigenvalue weighted by Crippen LogP contribution is 2.19. The van der Waals surface area contributed by atoms with E-state index in [1.807, 2.05) is 6.92 Å². The van der Waals surface area contributed by atoms with Crippen molar-refractivity contribution in [2.75, 3.05) is 17.2 Å². The summed E-state index contributed by atoms with van der Waals surface area (Å²) in [6, 6.07) is 15.3. The first-order chi connectivity index (χ1) is 15.0. The fourth-order valence-corrected chi connectivity index (χ4v) is 2.86. The molecule has 3 aromatic rings. The van der Waals surface area contributed by atoms with E-state index in [4.69, 9.17) is 10.0 Å². The van der Waals surface area contributed by atoms with Crippen LogP contribution in [0.3, 0.4) is 0 Å². The molecule has 0 fully saturated rings. The van der Waals surface area contributed by atoms with E-state index in [1.54, 1.807) is 54.7 Å². The Morgan fingerprint density at radius 2 is 1.81 bits per heavy atom. The molecule has 156 valence electrons. The first-order valence-electron chi connectivity index (χ1n) is 9.25. The average molecular weight is 432 g/mol. The van der Waals surface area contributed by atoms with Crippen molar-refractivity contribution in [3.05, 3.63) is 71.4 Å². The maximum absolute atomic E-state index is 11.2. The number of nitriles is 1. The molecule has 3 rings (SSSR count). The molecule has 4 N–H and O–H groups in total. The van der Waals surface area contributed by atoms with E-state index in [0.29, 0.717) is 33.5 Å². The third-order valence-corrected chi connectivity index (χ3v) is 4.83. The molecule has 0 radical (unpaired) electrons. The number of aliphatic hydroxyl groups is 1. The number of rotatable bonds is 6. The Morgan fingerprint density at radius 3 is 2.42 bits per heavy atom. The van der Waals surface area contributed by atoms with Crippen LogP contribution < -0.4 is 10.6 Å². The minimum atomic E-state index is -1.79. The summed E-state index contributed by atoms with van der Waals surface area (Å²) in [4.78, 5) is 9.17. The van der Waals surface area contributed by atoms with Crippen LogP contribution in [0.15, 0.2) is 59.6 Å². The highest BCUT2D eigenvalue weighted by Gasteiger charge is 2.09. The lowest BCUT2D eigenvalue weighted by Crippen LogP contribution is -2.21. The van der Waals surface area contributed by atoms with E-state index < -0.39 is 10.6 Å². The summed E-state index contributed by atoms with van der Waals surface area (Å²) in [5, 5.41) is 24.5. The number of hydrogen-bond donors (Lipinski definition) is 4. The molecule has 0 spiro atoms. The largest absolute Gasteiger partial charge is 0.440 e. The van der Waals surface area contributed by atoms with Crippen LogP contribution in [0.1, 0.15) is 23.6 Å². The summed E-state index contributed by atoms with van der Waals surface area (Å²) in [5.74, 6) is 6.82. The fourth-order valence-electron chi connectivity index (χ4n) is 2.48. The average Bonchev–Trinajstić information content (AvgIpc) is 2.79. The van der Waals surface area contributed by atoms with Crippen molar-refractivity contribution in [3.63, 3.8) is 0 Å². The lowest BCUT2D eigenvalue weighted by molar-refractivity contribution is 0.281. The van der Waals surface area contributed by atoms with Gasteiger partial charge < -0.3 is 24.7 Å². The molecule has 0 aliphatic carbocycles. The van der Waals surface area contributed by atoms with Gasteiger partial charge in [0.2, 0.25) is 5.95 Å². The zero-order valence-corrected chi connectivity index (χ0v) is 17.4. The normalized spacial score (nSPS) is 11.2. The Balaban J connectivity index is 1.87. The van der Waals surface area contributed by atoms with E-state index in [9.17, 15) is 9.32 Å². The number of aromatic nitrogens is 2. The van der Waals surface area contributed by atoms with Gasteiger partial charge >= 0.3 is 0 Å². The first-order valence-corrected chi connectivity index (χ1v) is 10.4. The Kier molecular flexibility index (Phi) is 7.17. The Labute approximate surface area is 182 Å². The summed E-state index contributed by atoms with van der Waals surface area (Å²) in [7, 11) is -1.79. The van der Waals surface area contributed by atoms with Crippen LogP contribution in [0.2, 0.25) is 0 Å². The summed E-state index contributed by atoms with van der Waals surface area (Å²) in [6.07, 6.45) is 1.58. The summed E-state index contributed by atoms with van der Waals surface area (Å²) in [5.41, 5.74) is 2.53. The predicted octanol–water partition coefficient (Wildman–Crippen LogP) is 3.37. The van der Waals surface area contributed by atoms with E-state index in [0.717, 1.165) is 5.56 Å². The van der Waals surface area contributed by atoms with Gasteiger partial charge in [0.1, 0.15) is 5.82 Å². The minimum absolute atomic E-state index is 0.0824. The van der Waals surface area contributed by atoms with Crippen LogP contribution in [0.5, 0.6) is 0 Å². The van der Waals surface area contributed by atoms with Crippen LogP contribution >= 0.6 is 0 Å². The Bertz CT molecular complexity index is 1230. The van der Waals surface area contributed by atoms with Crippen LogP contribution in [-0.2, 0) is 14.8 Å². The molecule has 0 aliphatic rings. The lowest BCUT2D eigenvalue weighted by atomic mass is 10.1. The number of aliphatic hydroxyl groups excluding tert-OH is 1. The molecule has 0 amide bonds. The summed E-state index contributed by atoms with van der Waals surface area (Å²) >= 11 is 0. The van der Waals surface area contributed by atoms with Crippen molar-refractivity contribution >= 4 is 28.0 Å². The Morgan fingerprint density at radius 1 is 1.13 bits per heavy atom. The van der Waals surface area contributed by atoms with Crippen molar-refractivity contribution in [1.29, 1.82) is 10.0 Å². The van der Waals surface area contributed by atoms with E-state index >= 15 is 0 Å². The molecule has 0 saturated carbocycles. The van der Waals surface area contributed by atoms with Gasteiger partial charge in [-0.3, -0.25) is 0 Å². The van der Waals surface area contributed by atoms with Crippen LogP contribution in [0, 0.1) is 28.0 Å². The number of hydrogen-bond acceptors (Lipinski definition) is 9. The molecule has 0 unspecified atom stereocenters. The van der Waals surface area contributed by atoms with Crippen molar-refractivity contribution in [2.24, 2.45) is 0 Å². The molecule has 8 nitrogen and oxygen atoms in total. The van der Waals surface area contributed by atoms with Crippen molar-refractivity contribution in [3.8, 4) is 17.9 Å². The lowest BCUT2D eigenvalue weighted by Gasteiger charge is -2.14. The van der Waals surface area contributed by atoms with Gasteiger partial charge in [-0.05, 0) is 43.3 Å². The number of nitrogens with zero attached hydrogens (tertiary/aromatic N) is 3. The molecule has 9 heteroatoms. The second-order valence-corrected chi connectivity index (χ2v) is 7.55. The highest BCUT2D eigenvalue weighted by atomic mass is 32.2. The van der Waals surface area contributed by atoms with Crippen LogP contribution in [0.4, 0.5) is 17.5 Å². The van der Waals surface area contributed by atoms with Gasteiger partial charge in [-0.1, -0.05) is 28.9 Å².